The lowest BCUT2D eigenvalue weighted by atomic mass is 9.75. The molecule has 2 rings (SSSR count). The van der Waals surface area contributed by atoms with Gasteiger partial charge in [0.05, 0.1) is 11.2 Å². The standard InChI is InChI=1S/C12H21N3S/c1-10(11-7-16-9-14-11)13-8-12(15(2)3)5-4-6-12/h7,9-10,13H,4-6,8H2,1-3H3. The zero-order chi connectivity index (χ0) is 11.6. The van der Waals surface area contributed by atoms with Gasteiger partial charge in [-0.1, -0.05) is 0 Å². The van der Waals surface area contributed by atoms with Gasteiger partial charge in [-0.2, -0.15) is 0 Å². The van der Waals surface area contributed by atoms with Gasteiger partial charge < -0.3 is 10.2 Å². The molecule has 1 unspecified atom stereocenters. The molecular weight excluding hydrogens is 218 g/mol. The summed E-state index contributed by atoms with van der Waals surface area (Å²) in [6.45, 7) is 3.26. The average molecular weight is 239 g/mol. The van der Waals surface area contributed by atoms with Crippen molar-refractivity contribution in [1.82, 2.24) is 15.2 Å². The Morgan fingerprint density at radius 2 is 2.31 bits per heavy atom. The van der Waals surface area contributed by atoms with Gasteiger partial charge in [-0.05, 0) is 40.3 Å². The van der Waals surface area contributed by atoms with Crippen molar-refractivity contribution in [3.63, 3.8) is 0 Å². The molecule has 1 aromatic rings. The molecule has 0 aromatic carbocycles. The van der Waals surface area contributed by atoms with Crippen LogP contribution in [0.2, 0.25) is 0 Å². The smallest absolute Gasteiger partial charge is 0.0795 e. The van der Waals surface area contributed by atoms with E-state index in [9.17, 15) is 0 Å². The number of thiazole rings is 1. The second-order valence-corrected chi connectivity index (χ2v) is 5.71. The van der Waals surface area contributed by atoms with E-state index in [0.717, 1.165) is 6.54 Å². The van der Waals surface area contributed by atoms with Crippen LogP contribution in [-0.2, 0) is 0 Å². The van der Waals surface area contributed by atoms with Crippen molar-refractivity contribution >= 4 is 11.3 Å². The van der Waals surface area contributed by atoms with Crippen molar-refractivity contribution in [2.75, 3.05) is 20.6 Å². The Bertz CT molecular complexity index is 317. The van der Waals surface area contributed by atoms with Crippen molar-refractivity contribution in [3.8, 4) is 0 Å². The minimum Gasteiger partial charge on any atom is -0.307 e. The van der Waals surface area contributed by atoms with E-state index >= 15 is 0 Å². The molecule has 0 spiro atoms. The van der Waals surface area contributed by atoms with Crippen molar-refractivity contribution in [2.24, 2.45) is 0 Å². The summed E-state index contributed by atoms with van der Waals surface area (Å²) >= 11 is 1.67. The van der Waals surface area contributed by atoms with Gasteiger partial charge in [0.2, 0.25) is 0 Å². The van der Waals surface area contributed by atoms with Crippen LogP contribution in [0.15, 0.2) is 10.9 Å². The van der Waals surface area contributed by atoms with Gasteiger partial charge in [-0.3, -0.25) is 0 Å². The first-order valence-electron chi connectivity index (χ1n) is 5.93. The highest BCUT2D eigenvalue weighted by Gasteiger charge is 2.38. The van der Waals surface area contributed by atoms with Crippen LogP contribution in [0.5, 0.6) is 0 Å². The summed E-state index contributed by atoms with van der Waals surface area (Å²) in [7, 11) is 4.38. The van der Waals surface area contributed by atoms with Gasteiger partial charge >= 0.3 is 0 Å². The van der Waals surface area contributed by atoms with E-state index in [-0.39, 0.29) is 0 Å². The monoisotopic (exact) mass is 239 g/mol. The summed E-state index contributed by atoms with van der Waals surface area (Å²) in [6.07, 6.45) is 4.00. The maximum absolute atomic E-state index is 4.35. The van der Waals surface area contributed by atoms with Gasteiger partial charge in [0, 0.05) is 23.5 Å². The minimum absolute atomic E-state index is 0.365. The summed E-state index contributed by atoms with van der Waals surface area (Å²) in [4.78, 5) is 6.72. The van der Waals surface area contributed by atoms with Crippen molar-refractivity contribution in [3.05, 3.63) is 16.6 Å². The summed E-state index contributed by atoms with van der Waals surface area (Å²) in [6, 6.07) is 0.365. The van der Waals surface area contributed by atoms with Crippen LogP contribution in [-0.4, -0.2) is 36.1 Å². The summed E-state index contributed by atoms with van der Waals surface area (Å²) in [5, 5.41) is 5.74. The van der Waals surface area contributed by atoms with E-state index in [1.54, 1.807) is 11.3 Å². The highest BCUT2D eigenvalue weighted by molar-refractivity contribution is 7.07. The number of hydrogen-bond acceptors (Lipinski definition) is 4. The molecule has 16 heavy (non-hydrogen) atoms. The average Bonchev–Trinajstić information content (AvgIpc) is 2.67. The van der Waals surface area contributed by atoms with Gasteiger partial charge in [0.25, 0.3) is 0 Å². The van der Waals surface area contributed by atoms with Crippen LogP contribution in [0.1, 0.15) is 37.9 Å². The predicted octanol–water partition coefficient (Wildman–Crippen LogP) is 2.28. The fraction of sp³-hybridized carbons (Fsp3) is 0.750. The normalized spacial score (nSPS) is 20.8. The fourth-order valence-corrected chi connectivity index (χ4v) is 2.90. The molecule has 3 nitrogen and oxygen atoms in total. The predicted molar refractivity (Wildman–Crippen MR) is 68.8 cm³/mol. The highest BCUT2D eigenvalue weighted by atomic mass is 32.1. The van der Waals surface area contributed by atoms with Crippen LogP contribution >= 0.6 is 11.3 Å². The lowest BCUT2D eigenvalue weighted by molar-refractivity contribution is 0.0575. The molecule has 1 saturated carbocycles. The van der Waals surface area contributed by atoms with Crippen LogP contribution in [0, 0.1) is 0 Å². The van der Waals surface area contributed by atoms with Crippen molar-refractivity contribution in [2.45, 2.75) is 37.8 Å². The zero-order valence-electron chi connectivity index (χ0n) is 10.4. The maximum atomic E-state index is 4.35. The van der Waals surface area contributed by atoms with Gasteiger partial charge in [0.1, 0.15) is 0 Å². The van der Waals surface area contributed by atoms with Gasteiger partial charge in [-0.25, -0.2) is 4.98 Å². The topological polar surface area (TPSA) is 28.2 Å². The van der Waals surface area contributed by atoms with E-state index in [1.165, 1.54) is 25.0 Å². The Balaban J connectivity index is 1.87. The zero-order valence-corrected chi connectivity index (χ0v) is 11.2. The molecule has 1 aliphatic carbocycles. The number of nitrogens with zero attached hydrogens (tertiary/aromatic N) is 2. The SMILES string of the molecule is CC(NCC1(N(C)C)CCC1)c1cscn1. The molecule has 0 aliphatic heterocycles. The number of rotatable bonds is 5. The van der Waals surface area contributed by atoms with Crippen LogP contribution in [0.25, 0.3) is 0 Å². The molecular formula is C12H21N3S. The number of likely N-dealkylation sites (N-methyl/N-ethyl adjacent to an activating group) is 1. The van der Waals surface area contributed by atoms with Gasteiger partial charge in [0.15, 0.2) is 0 Å². The number of hydrogen-bond donors (Lipinski definition) is 1. The van der Waals surface area contributed by atoms with Crippen LogP contribution in [0.4, 0.5) is 0 Å². The largest absolute Gasteiger partial charge is 0.307 e. The number of aromatic nitrogens is 1. The quantitative estimate of drug-likeness (QED) is 0.854. The second-order valence-electron chi connectivity index (χ2n) is 4.99. The second kappa shape index (κ2) is 4.82. The Hall–Kier alpha value is -0.450. The molecule has 0 radical (unpaired) electrons. The molecule has 0 amide bonds. The molecule has 1 aromatic heterocycles. The highest BCUT2D eigenvalue weighted by Crippen LogP contribution is 2.35. The maximum Gasteiger partial charge on any atom is 0.0795 e. The first-order chi connectivity index (χ1) is 7.64. The summed E-state index contributed by atoms with van der Waals surface area (Å²) < 4.78 is 0. The van der Waals surface area contributed by atoms with Crippen molar-refractivity contribution < 1.29 is 0 Å². The van der Waals surface area contributed by atoms with Crippen molar-refractivity contribution in [1.29, 1.82) is 0 Å². The molecule has 1 heterocycles. The Morgan fingerprint density at radius 3 is 2.75 bits per heavy atom. The van der Waals surface area contributed by atoms with E-state index in [0.29, 0.717) is 11.6 Å². The lowest BCUT2D eigenvalue weighted by Crippen LogP contribution is -2.56. The van der Waals surface area contributed by atoms with E-state index in [2.05, 4.69) is 41.6 Å². The summed E-state index contributed by atoms with van der Waals surface area (Å²) in [5.41, 5.74) is 3.46. The molecule has 90 valence electrons. The fourth-order valence-electron chi connectivity index (χ4n) is 2.25. The molecule has 1 aliphatic rings. The minimum atomic E-state index is 0.365. The molecule has 0 saturated heterocycles. The number of nitrogens with one attached hydrogen (secondary N) is 1. The van der Waals surface area contributed by atoms with Crippen LogP contribution in [0.3, 0.4) is 0 Å². The first-order valence-corrected chi connectivity index (χ1v) is 6.87. The molecule has 1 N–H and O–H groups in total. The Morgan fingerprint density at radius 1 is 1.56 bits per heavy atom. The first kappa shape index (κ1) is 12.0. The lowest BCUT2D eigenvalue weighted by Gasteiger charge is -2.48. The third kappa shape index (κ3) is 2.29. The van der Waals surface area contributed by atoms with E-state index < -0.39 is 0 Å². The molecule has 0 bridgehead atoms. The van der Waals surface area contributed by atoms with E-state index in [1.807, 2.05) is 5.51 Å². The van der Waals surface area contributed by atoms with E-state index in [4.69, 9.17) is 0 Å². The summed E-state index contributed by atoms with van der Waals surface area (Å²) in [5.74, 6) is 0. The third-order valence-corrected chi connectivity index (χ3v) is 4.47. The van der Waals surface area contributed by atoms with Gasteiger partial charge in [-0.15, -0.1) is 11.3 Å². The third-order valence-electron chi connectivity index (χ3n) is 3.87. The Labute approximate surface area is 102 Å². The van der Waals surface area contributed by atoms with Crippen LogP contribution < -0.4 is 5.32 Å². The molecule has 1 fully saturated rings. The molecule has 1 atom stereocenters. The Kier molecular flexibility index (Phi) is 3.62. The molecule has 4 heteroatoms.